The summed E-state index contributed by atoms with van der Waals surface area (Å²) in [4.78, 5) is 11.9. The first kappa shape index (κ1) is 20.2. The minimum absolute atomic E-state index is 0.135. The van der Waals surface area contributed by atoms with Gasteiger partial charge in [-0.3, -0.25) is 0 Å². The maximum absolute atomic E-state index is 11.9. The first-order chi connectivity index (χ1) is 14.6. The van der Waals surface area contributed by atoms with Crippen LogP contribution in [0.5, 0.6) is 11.5 Å². The van der Waals surface area contributed by atoms with Crippen LogP contribution in [0.3, 0.4) is 0 Å². The van der Waals surface area contributed by atoms with Crippen LogP contribution in [-0.2, 0) is 12.2 Å². The Morgan fingerprint density at radius 2 is 1.97 bits per heavy atom. The van der Waals surface area contributed by atoms with Gasteiger partial charge in [0.25, 0.3) is 0 Å². The second-order valence-corrected chi connectivity index (χ2v) is 8.64. The van der Waals surface area contributed by atoms with Gasteiger partial charge in [-0.05, 0) is 47.9 Å². The van der Waals surface area contributed by atoms with Crippen molar-refractivity contribution in [3.63, 3.8) is 0 Å². The molecule has 0 spiro atoms. The zero-order valence-corrected chi connectivity index (χ0v) is 18.0. The van der Waals surface area contributed by atoms with Crippen LogP contribution in [0, 0.1) is 0 Å². The van der Waals surface area contributed by atoms with E-state index in [1.807, 2.05) is 37.3 Å². The van der Waals surface area contributed by atoms with Gasteiger partial charge in [-0.1, -0.05) is 30.0 Å². The van der Waals surface area contributed by atoms with Crippen LogP contribution in [0.1, 0.15) is 18.1 Å². The lowest BCUT2D eigenvalue weighted by Gasteiger charge is -2.07. The van der Waals surface area contributed by atoms with E-state index in [9.17, 15) is 9.90 Å². The molecule has 0 aliphatic heterocycles. The van der Waals surface area contributed by atoms with Crippen molar-refractivity contribution in [1.82, 2.24) is 10.2 Å². The quantitative estimate of drug-likeness (QED) is 0.307. The molecule has 0 aliphatic carbocycles. The van der Waals surface area contributed by atoms with Crippen LogP contribution in [0.2, 0.25) is 0 Å². The Kier molecular flexibility index (Phi) is 5.91. The Hall–Kier alpha value is -3.04. The van der Waals surface area contributed by atoms with Gasteiger partial charge in [0.15, 0.2) is 4.34 Å². The highest BCUT2D eigenvalue weighted by Crippen LogP contribution is 2.33. The number of rotatable bonds is 7. The number of thioether (sulfide) groups is 1. The molecule has 2 N–H and O–H groups in total. The van der Waals surface area contributed by atoms with Crippen LogP contribution in [-0.4, -0.2) is 22.4 Å². The number of methoxy groups -OCH3 is 1. The molecule has 154 valence electrons. The molecular formula is C21H19N3O4S2. The fourth-order valence-corrected chi connectivity index (χ4v) is 4.73. The first-order valence-corrected chi connectivity index (χ1v) is 11.0. The number of anilines is 2. The lowest BCUT2D eigenvalue weighted by molar-refractivity contribution is 0.415. The Morgan fingerprint density at radius 1 is 1.17 bits per heavy atom. The van der Waals surface area contributed by atoms with Gasteiger partial charge in [-0.2, -0.15) is 0 Å². The van der Waals surface area contributed by atoms with E-state index in [-0.39, 0.29) is 5.75 Å². The van der Waals surface area contributed by atoms with Crippen molar-refractivity contribution in [3.8, 4) is 11.5 Å². The van der Waals surface area contributed by atoms with Crippen molar-refractivity contribution in [2.24, 2.45) is 0 Å². The predicted molar refractivity (Wildman–Crippen MR) is 119 cm³/mol. The Balaban J connectivity index is 1.51. The summed E-state index contributed by atoms with van der Waals surface area (Å²) in [6.45, 7) is 1.97. The van der Waals surface area contributed by atoms with E-state index in [2.05, 4.69) is 15.5 Å². The minimum atomic E-state index is -0.444. The third kappa shape index (κ3) is 4.42. The van der Waals surface area contributed by atoms with Crippen molar-refractivity contribution >= 4 is 44.9 Å². The SMILES string of the molecule is CCc1cc2c(CSc3nnc(Nc4ccc(OC)cc4)s3)cc(=O)oc2cc1O. The van der Waals surface area contributed by atoms with E-state index >= 15 is 0 Å². The third-order valence-electron chi connectivity index (χ3n) is 4.51. The molecule has 4 rings (SSSR count). The van der Waals surface area contributed by atoms with Crippen molar-refractivity contribution in [1.29, 1.82) is 0 Å². The maximum Gasteiger partial charge on any atom is 0.336 e. The minimum Gasteiger partial charge on any atom is -0.508 e. The molecule has 0 radical (unpaired) electrons. The molecular weight excluding hydrogens is 422 g/mol. The van der Waals surface area contributed by atoms with Crippen LogP contribution in [0.15, 0.2) is 56.0 Å². The van der Waals surface area contributed by atoms with E-state index in [0.717, 1.165) is 32.3 Å². The number of aromatic nitrogens is 2. The van der Waals surface area contributed by atoms with Crippen LogP contribution in [0.4, 0.5) is 10.8 Å². The molecule has 2 heterocycles. The molecule has 0 bridgehead atoms. The molecule has 4 aromatic rings. The third-order valence-corrected chi connectivity index (χ3v) is 6.53. The Labute approximate surface area is 180 Å². The number of nitrogens with one attached hydrogen (secondary N) is 1. The lowest BCUT2D eigenvalue weighted by atomic mass is 10.1. The number of phenolic OH excluding ortho intramolecular Hbond substituents is 1. The number of hydrogen-bond donors (Lipinski definition) is 2. The largest absolute Gasteiger partial charge is 0.508 e. The van der Waals surface area contributed by atoms with Crippen LogP contribution in [0.25, 0.3) is 11.0 Å². The summed E-state index contributed by atoms with van der Waals surface area (Å²) in [5, 5.41) is 23.2. The number of phenols is 1. The molecule has 7 nitrogen and oxygen atoms in total. The van der Waals surface area contributed by atoms with Gasteiger partial charge in [0.05, 0.1) is 7.11 Å². The van der Waals surface area contributed by atoms with Crippen molar-refractivity contribution in [3.05, 3.63) is 64.0 Å². The average molecular weight is 442 g/mol. The number of aryl methyl sites for hydroxylation is 1. The second-order valence-electron chi connectivity index (χ2n) is 6.44. The van der Waals surface area contributed by atoms with Gasteiger partial charge in [-0.25, -0.2) is 4.79 Å². The molecule has 30 heavy (non-hydrogen) atoms. The highest BCUT2D eigenvalue weighted by molar-refractivity contribution is 8.00. The fraction of sp³-hybridized carbons (Fsp3) is 0.190. The highest BCUT2D eigenvalue weighted by Gasteiger charge is 2.12. The van der Waals surface area contributed by atoms with Crippen LogP contribution < -0.4 is 15.7 Å². The van der Waals surface area contributed by atoms with Gasteiger partial charge in [0.1, 0.15) is 17.1 Å². The summed E-state index contributed by atoms with van der Waals surface area (Å²) < 4.78 is 11.2. The van der Waals surface area contributed by atoms with Gasteiger partial charge >= 0.3 is 5.63 Å². The van der Waals surface area contributed by atoms with Crippen molar-refractivity contribution < 1.29 is 14.3 Å². The van der Waals surface area contributed by atoms with Crippen LogP contribution >= 0.6 is 23.1 Å². The van der Waals surface area contributed by atoms with Crippen molar-refractivity contribution in [2.45, 2.75) is 23.4 Å². The van der Waals surface area contributed by atoms with Crippen molar-refractivity contribution in [2.75, 3.05) is 12.4 Å². The second kappa shape index (κ2) is 8.76. The van der Waals surface area contributed by atoms with Gasteiger partial charge < -0.3 is 19.6 Å². The van der Waals surface area contributed by atoms with E-state index in [1.165, 1.54) is 35.2 Å². The number of fused-ring (bicyclic) bond motifs is 1. The molecule has 9 heteroatoms. The number of benzene rings is 2. The van der Waals surface area contributed by atoms with E-state index in [4.69, 9.17) is 9.15 Å². The number of hydrogen-bond acceptors (Lipinski definition) is 9. The summed E-state index contributed by atoms with van der Waals surface area (Å²) in [5.74, 6) is 1.46. The molecule has 2 aromatic heterocycles. The lowest BCUT2D eigenvalue weighted by Crippen LogP contribution is -2.00. The van der Waals surface area contributed by atoms with E-state index < -0.39 is 5.63 Å². The standard InChI is InChI=1S/C21H19N3O4S2/c1-3-12-8-16-13(9-19(26)28-18(16)10-17(12)25)11-29-21-24-23-20(30-21)22-14-4-6-15(27-2)7-5-14/h4-10,25H,3,11H2,1-2H3,(H,22,23). The average Bonchev–Trinajstić information content (AvgIpc) is 3.19. The summed E-state index contributed by atoms with van der Waals surface area (Å²) >= 11 is 2.93. The zero-order chi connectivity index (χ0) is 21.1. The number of nitrogens with zero attached hydrogens (tertiary/aromatic N) is 2. The summed E-state index contributed by atoms with van der Waals surface area (Å²) in [7, 11) is 1.63. The Morgan fingerprint density at radius 3 is 2.70 bits per heavy atom. The Bertz CT molecular complexity index is 1240. The highest BCUT2D eigenvalue weighted by atomic mass is 32.2. The fourth-order valence-electron chi connectivity index (χ4n) is 2.97. The summed E-state index contributed by atoms with van der Waals surface area (Å²) in [6.07, 6.45) is 0.685. The van der Waals surface area contributed by atoms with E-state index in [1.54, 1.807) is 7.11 Å². The molecule has 0 aliphatic rings. The first-order valence-electron chi connectivity index (χ1n) is 9.21. The molecule has 0 unspecified atom stereocenters. The molecule has 0 atom stereocenters. The van der Waals surface area contributed by atoms with Gasteiger partial charge in [0, 0.05) is 29.0 Å². The molecule has 0 fully saturated rings. The number of ether oxygens (including phenoxy) is 1. The van der Waals surface area contributed by atoms with Gasteiger partial charge in [-0.15, -0.1) is 10.2 Å². The zero-order valence-electron chi connectivity index (χ0n) is 16.3. The van der Waals surface area contributed by atoms with Gasteiger partial charge in [0.2, 0.25) is 5.13 Å². The molecule has 0 saturated heterocycles. The smallest absolute Gasteiger partial charge is 0.336 e. The molecule has 0 amide bonds. The normalized spacial score (nSPS) is 11.0. The molecule has 0 saturated carbocycles. The van der Waals surface area contributed by atoms with E-state index in [0.29, 0.717) is 22.9 Å². The number of aromatic hydroxyl groups is 1. The maximum atomic E-state index is 11.9. The summed E-state index contributed by atoms with van der Waals surface area (Å²) in [6, 6.07) is 12.4. The topological polar surface area (TPSA) is 97.5 Å². The predicted octanol–water partition coefficient (Wildman–Crippen LogP) is 4.96. The monoisotopic (exact) mass is 441 g/mol. The summed E-state index contributed by atoms with van der Waals surface area (Å²) in [5.41, 5.74) is 2.47. The molecule has 2 aromatic carbocycles.